The summed E-state index contributed by atoms with van der Waals surface area (Å²) in [5.41, 5.74) is 7.66. The molecule has 2 fully saturated rings. The van der Waals surface area contributed by atoms with Gasteiger partial charge in [0.05, 0.1) is 6.04 Å². The zero-order valence-corrected chi connectivity index (χ0v) is 15.5. The first kappa shape index (κ1) is 18.5. The number of carbonyl (C=O) groups is 2. The number of hydrogen-bond acceptors (Lipinski definition) is 3. The standard InChI is InChI=1S/C20H30N4O2/c1-14(25)24-12-10-18(11-13-24)22-20(26)23-19(15-4-2-3-5-15)16-6-8-17(21)9-7-16/h6-9,15,18-19H,2-5,10-13,21H2,1H3,(H2,22,23,26). The maximum absolute atomic E-state index is 12.6. The van der Waals surface area contributed by atoms with Gasteiger partial charge in [0.2, 0.25) is 5.91 Å². The molecule has 1 saturated heterocycles. The Bertz CT molecular complexity index is 617. The molecule has 1 aromatic rings. The van der Waals surface area contributed by atoms with Crippen molar-refractivity contribution in [2.45, 2.75) is 57.5 Å². The van der Waals surface area contributed by atoms with Gasteiger partial charge in [-0.2, -0.15) is 0 Å². The second-order valence-electron chi connectivity index (χ2n) is 7.59. The van der Waals surface area contributed by atoms with Crippen molar-refractivity contribution in [3.8, 4) is 0 Å². The quantitative estimate of drug-likeness (QED) is 0.723. The topological polar surface area (TPSA) is 87.5 Å². The molecule has 0 aromatic heterocycles. The summed E-state index contributed by atoms with van der Waals surface area (Å²) in [7, 11) is 0. The van der Waals surface area contributed by atoms with E-state index in [4.69, 9.17) is 5.73 Å². The highest BCUT2D eigenvalue weighted by molar-refractivity contribution is 5.75. The van der Waals surface area contributed by atoms with Gasteiger partial charge in [-0.05, 0) is 49.3 Å². The molecule has 26 heavy (non-hydrogen) atoms. The SMILES string of the molecule is CC(=O)N1CCC(NC(=O)NC(c2ccc(N)cc2)C2CCCC2)CC1. The Morgan fingerprint density at radius 2 is 1.69 bits per heavy atom. The van der Waals surface area contributed by atoms with Crippen LogP contribution < -0.4 is 16.4 Å². The van der Waals surface area contributed by atoms with Gasteiger partial charge in [0.25, 0.3) is 0 Å². The number of benzene rings is 1. The predicted octanol–water partition coefficient (Wildman–Crippen LogP) is 2.81. The fourth-order valence-electron chi connectivity index (χ4n) is 4.17. The van der Waals surface area contributed by atoms with Gasteiger partial charge in [-0.3, -0.25) is 4.79 Å². The number of urea groups is 1. The van der Waals surface area contributed by atoms with Crippen molar-refractivity contribution in [2.75, 3.05) is 18.8 Å². The molecule has 0 bridgehead atoms. The Kier molecular flexibility index (Phi) is 6.01. The number of amides is 3. The Balaban J connectivity index is 1.59. The molecule has 1 saturated carbocycles. The van der Waals surface area contributed by atoms with Crippen LogP contribution in [0, 0.1) is 5.92 Å². The number of carbonyl (C=O) groups excluding carboxylic acids is 2. The van der Waals surface area contributed by atoms with Gasteiger partial charge in [-0.1, -0.05) is 25.0 Å². The Morgan fingerprint density at radius 1 is 1.08 bits per heavy atom. The Labute approximate surface area is 155 Å². The van der Waals surface area contributed by atoms with Gasteiger partial charge in [-0.25, -0.2) is 4.79 Å². The second kappa shape index (κ2) is 8.43. The van der Waals surface area contributed by atoms with E-state index in [0.717, 1.165) is 36.9 Å². The zero-order valence-electron chi connectivity index (χ0n) is 15.5. The van der Waals surface area contributed by atoms with Crippen molar-refractivity contribution >= 4 is 17.6 Å². The van der Waals surface area contributed by atoms with Gasteiger partial charge >= 0.3 is 6.03 Å². The third kappa shape index (κ3) is 4.68. The number of piperidine rings is 1. The fraction of sp³-hybridized carbons (Fsp3) is 0.600. The summed E-state index contributed by atoms with van der Waals surface area (Å²) in [6, 6.07) is 7.87. The summed E-state index contributed by atoms with van der Waals surface area (Å²) in [6.45, 7) is 3.02. The molecule has 3 rings (SSSR count). The summed E-state index contributed by atoms with van der Waals surface area (Å²) in [5.74, 6) is 0.585. The van der Waals surface area contributed by atoms with E-state index < -0.39 is 0 Å². The van der Waals surface area contributed by atoms with Gasteiger partial charge in [0.1, 0.15) is 0 Å². The molecule has 3 amide bonds. The van der Waals surface area contributed by atoms with Gasteiger partial charge in [0.15, 0.2) is 0 Å². The highest BCUT2D eigenvalue weighted by Crippen LogP contribution is 2.36. The number of hydrogen-bond donors (Lipinski definition) is 3. The minimum Gasteiger partial charge on any atom is -0.399 e. The highest BCUT2D eigenvalue weighted by atomic mass is 16.2. The first-order chi connectivity index (χ1) is 12.5. The van der Waals surface area contributed by atoms with Gasteiger partial charge < -0.3 is 21.3 Å². The van der Waals surface area contributed by atoms with E-state index in [1.165, 1.54) is 12.8 Å². The van der Waals surface area contributed by atoms with E-state index in [1.54, 1.807) is 6.92 Å². The van der Waals surface area contributed by atoms with Crippen LogP contribution in [0.25, 0.3) is 0 Å². The Morgan fingerprint density at radius 3 is 2.27 bits per heavy atom. The van der Waals surface area contributed by atoms with Crippen LogP contribution in [-0.4, -0.2) is 36.0 Å². The largest absolute Gasteiger partial charge is 0.399 e. The molecule has 1 unspecified atom stereocenters. The first-order valence-electron chi connectivity index (χ1n) is 9.71. The van der Waals surface area contributed by atoms with Crippen molar-refractivity contribution in [1.82, 2.24) is 15.5 Å². The maximum atomic E-state index is 12.6. The lowest BCUT2D eigenvalue weighted by Crippen LogP contribution is -2.49. The van der Waals surface area contributed by atoms with Crippen LogP contribution in [-0.2, 0) is 4.79 Å². The van der Waals surface area contributed by atoms with Crippen molar-refractivity contribution in [3.63, 3.8) is 0 Å². The van der Waals surface area contributed by atoms with Crippen LogP contribution in [0.2, 0.25) is 0 Å². The molecule has 6 heteroatoms. The smallest absolute Gasteiger partial charge is 0.315 e. The molecule has 1 aliphatic heterocycles. The molecule has 1 atom stereocenters. The molecular formula is C20H30N4O2. The van der Waals surface area contributed by atoms with E-state index in [-0.39, 0.29) is 24.0 Å². The number of rotatable bonds is 4. The fourth-order valence-corrected chi connectivity index (χ4v) is 4.17. The van der Waals surface area contributed by atoms with Gasteiger partial charge in [0, 0.05) is 31.7 Å². The van der Waals surface area contributed by atoms with Crippen LogP contribution in [0.1, 0.15) is 57.1 Å². The van der Waals surface area contributed by atoms with Crippen LogP contribution in [0.4, 0.5) is 10.5 Å². The van der Waals surface area contributed by atoms with Crippen molar-refractivity contribution < 1.29 is 9.59 Å². The monoisotopic (exact) mass is 358 g/mol. The lowest BCUT2D eigenvalue weighted by molar-refractivity contribution is -0.129. The Hall–Kier alpha value is -2.24. The first-order valence-corrected chi connectivity index (χ1v) is 9.71. The molecule has 4 N–H and O–H groups in total. The van der Waals surface area contributed by atoms with Gasteiger partial charge in [-0.15, -0.1) is 0 Å². The predicted molar refractivity (Wildman–Crippen MR) is 102 cm³/mol. The van der Waals surface area contributed by atoms with Crippen LogP contribution in [0.15, 0.2) is 24.3 Å². The van der Waals surface area contributed by atoms with Crippen LogP contribution in [0.5, 0.6) is 0 Å². The molecule has 142 valence electrons. The zero-order chi connectivity index (χ0) is 18.5. The van der Waals surface area contributed by atoms with Crippen molar-refractivity contribution in [3.05, 3.63) is 29.8 Å². The van der Waals surface area contributed by atoms with Crippen LogP contribution in [0.3, 0.4) is 0 Å². The molecule has 1 aromatic carbocycles. The number of likely N-dealkylation sites (tertiary alicyclic amines) is 1. The van der Waals surface area contributed by atoms with Crippen molar-refractivity contribution in [1.29, 1.82) is 0 Å². The summed E-state index contributed by atoms with van der Waals surface area (Å²) < 4.78 is 0. The van der Waals surface area contributed by atoms with E-state index in [9.17, 15) is 9.59 Å². The van der Waals surface area contributed by atoms with E-state index in [2.05, 4.69) is 10.6 Å². The molecule has 0 spiro atoms. The molecule has 2 aliphatic rings. The summed E-state index contributed by atoms with van der Waals surface area (Å²) in [4.78, 5) is 25.9. The van der Waals surface area contributed by atoms with E-state index in [0.29, 0.717) is 19.0 Å². The molecule has 1 heterocycles. The normalized spacial score (nSPS) is 20.0. The van der Waals surface area contributed by atoms with E-state index in [1.807, 2.05) is 29.2 Å². The highest BCUT2D eigenvalue weighted by Gasteiger charge is 2.29. The summed E-state index contributed by atoms with van der Waals surface area (Å²) >= 11 is 0. The third-order valence-electron chi connectivity index (χ3n) is 5.73. The number of nitrogens with one attached hydrogen (secondary N) is 2. The second-order valence-corrected chi connectivity index (χ2v) is 7.59. The van der Waals surface area contributed by atoms with Crippen LogP contribution >= 0.6 is 0 Å². The molecule has 6 nitrogen and oxygen atoms in total. The maximum Gasteiger partial charge on any atom is 0.315 e. The number of nitrogens with two attached hydrogens (primary N) is 1. The average molecular weight is 358 g/mol. The summed E-state index contributed by atoms with van der Waals surface area (Å²) in [5, 5.41) is 6.31. The van der Waals surface area contributed by atoms with E-state index >= 15 is 0 Å². The number of nitrogens with zero attached hydrogens (tertiary/aromatic N) is 1. The minimum atomic E-state index is -0.111. The summed E-state index contributed by atoms with van der Waals surface area (Å²) in [6.07, 6.45) is 6.36. The lowest BCUT2D eigenvalue weighted by atomic mass is 9.91. The molecule has 0 radical (unpaired) electrons. The molecule has 1 aliphatic carbocycles. The minimum absolute atomic E-state index is 0.0235. The van der Waals surface area contributed by atoms with Crippen molar-refractivity contribution in [2.24, 2.45) is 5.92 Å². The third-order valence-corrected chi connectivity index (χ3v) is 5.73. The number of nitrogen functional groups attached to an aromatic ring is 1. The number of anilines is 1. The average Bonchev–Trinajstić information content (AvgIpc) is 3.15. The lowest BCUT2D eigenvalue weighted by Gasteiger charge is -2.32. The molecular weight excluding hydrogens is 328 g/mol.